The van der Waals surface area contributed by atoms with Crippen molar-refractivity contribution in [1.82, 2.24) is 15.0 Å². The second-order valence-electron chi connectivity index (χ2n) is 7.60. The maximum atomic E-state index is 12.7. The van der Waals surface area contributed by atoms with E-state index >= 15 is 0 Å². The van der Waals surface area contributed by atoms with E-state index in [9.17, 15) is 4.79 Å². The van der Waals surface area contributed by atoms with E-state index in [-0.39, 0.29) is 12.7 Å². The highest BCUT2D eigenvalue weighted by atomic mass is 35.5. The Bertz CT molecular complexity index is 1300. The molecule has 3 aromatic carbocycles. The van der Waals surface area contributed by atoms with Gasteiger partial charge in [0.05, 0.1) is 16.4 Å². The average Bonchev–Trinajstić information content (AvgIpc) is 3.44. The number of nitrogens with zero attached hydrogens (tertiary/aromatic N) is 3. The van der Waals surface area contributed by atoms with Crippen LogP contribution in [0.5, 0.6) is 11.5 Å². The summed E-state index contributed by atoms with van der Waals surface area (Å²) in [4.78, 5) is 14.3. The largest absolute Gasteiger partial charge is 0.454 e. The van der Waals surface area contributed by atoms with Gasteiger partial charge in [0.1, 0.15) is 11.0 Å². The lowest BCUT2D eigenvalue weighted by Gasteiger charge is -2.07. The fourth-order valence-corrected chi connectivity index (χ4v) is 3.76. The topological polar surface area (TPSA) is 78.3 Å². The molecule has 1 aliphatic rings. The van der Waals surface area contributed by atoms with Crippen LogP contribution in [0.15, 0.2) is 54.6 Å². The van der Waals surface area contributed by atoms with Crippen molar-refractivity contribution in [2.75, 3.05) is 12.1 Å². The highest BCUT2D eigenvalue weighted by Crippen LogP contribution is 2.33. The van der Waals surface area contributed by atoms with Crippen LogP contribution in [0.4, 0.5) is 5.69 Å². The molecule has 32 heavy (non-hydrogen) atoms. The Morgan fingerprint density at radius 2 is 1.78 bits per heavy atom. The Morgan fingerprint density at radius 1 is 1.03 bits per heavy atom. The van der Waals surface area contributed by atoms with Crippen LogP contribution in [-0.4, -0.2) is 27.7 Å². The number of carbonyl (C=O) groups is 1. The normalized spacial score (nSPS) is 12.3. The fraction of sp³-hybridized carbons (Fsp3) is 0.208. The van der Waals surface area contributed by atoms with Gasteiger partial charge in [-0.05, 0) is 60.9 Å². The fourth-order valence-electron chi connectivity index (χ4n) is 3.56. The van der Waals surface area contributed by atoms with E-state index in [0.717, 1.165) is 12.1 Å². The highest BCUT2D eigenvalue weighted by molar-refractivity contribution is 6.34. The number of anilines is 1. The molecule has 0 unspecified atom stereocenters. The molecule has 0 atom stereocenters. The van der Waals surface area contributed by atoms with Gasteiger partial charge in [0, 0.05) is 5.56 Å². The molecule has 162 valence electrons. The molecule has 1 aliphatic heterocycles. The molecule has 0 radical (unpaired) electrons. The van der Waals surface area contributed by atoms with Crippen LogP contribution in [0.25, 0.3) is 16.7 Å². The van der Waals surface area contributed by atoms with E-state index in [1.54, 1.807) is 35.1 Å². The summed E-state index contributed by atoms with van der Waals surface area (Å²) in [7, 11) is 0. The third-order valence-corrected chi connectivity index (χ3v) is 5.65. The molecule has 0 saturated carbocycles. The Morgan fingerprint density at radius 3 is 2.56 bits per heavy atom. The first kappa shape index (κ1) is 20.3. The first-order valence-electron chi connectivity index (χ1n) is 10.5. The van der Waals surface area contributed by atoms with Gasteiger partial charge in [0.15, 0.2) is 11.5 Å². The van der Waals surface area contributed by atoms with Crippen molar-refractivity contribution in [3.05, 3.63) is 70.7 Å². The van der Waals surface area contributed by atoms with E-state index in [1.165, 1.54) is 18.4 Å². The predicted molar refractivity (Wildman–Crippen MR) is 123 cm³/mol. The number of hydrogen-bond acceptors (Lipinski definition) is 5. The number of halogens is 1. The minimum Gasteiger partial charge on any atom is -0.454 e. The summed E-state index contributed by atoms with van der Waals surface area (Å²) in [5, 5.41) is 12.3. The molecule has 1 aromatic heterocycles. The number of aryl methyl sites for hydroxylation is 1. The van der Waals surface area contributed by atoms with Crippen LogP contribution in [0.1, 0.15) is 35.7 Å². The molecular formula is C24H21ClN4O3. The zero-order valence-corrected chi connectivity index (χ0v) is 18.2. The molecule has 1 N–H and O–H groups in total. The Hall–Kier alpha value is -3.58. The maximum Gasteiger partial charge on any atom is 0.255 e. The van der Waals surface area contributed by atoms with E-state index < -0.39 is 0 Å². The third-order valence-electron chi connectivity index (χ3n) is 5.34. The zero-order chi connectivity index (χ0) is 22.1. The number of aromatic nitrogens is 3. The minimum absolute atomic E-state index is 0.153. The van der Waals surface area contributed by atoms with Crippen molar-refractivity contribution in [2.24, 2.45) is 0 Å². The van der Waals surface area contributed by atoms with E-state index in [4.69, 9.17) is 21.1 Å². The van der Waals surface area contributed by atoms with E-state index in [1.807, 2.05) is 12.1 Å². The van der Waals surface area contributed by atoms with Gasteiger partial charge in [-0.15, -0.1) is 10.2 Å². The first-order chi connectivity index (χ1) is 15.6. The van der Waals surface area contributed by atoms with Crippen molar-refractivity contribution >= 4 is 34.2 Å². The number of hydrogen-bond donors (Lipinski definition) is 1. The van der Waals surface area contributed by atoms with Crippen molar-refractivity contribution in [3.8, 4) is 17.2 Å². The summed E-state index contributed by atoms with van der Waals surface area (Å²) in [6, 6.07) is 16.7. The van der Waals surface area contributed by atoms with Crippen molar-refractivity contribution in [3.63, 3.8) is 0 Å². The van der Waals surface area contributed by atoms with Gasteiger partial charge in [-0.3, -0.25) is 4.79 Å². The average molecular weight is 449 g/mol. The van der Waals surface area contributed by atoms with Crippen LogP contribution >= 0.6 is 11.6 Å². The minimum atomic E-state index is -0.306. The molecule has 8 heteroatoms. The summed E-state index contributed by atoms with van der Waals surface area (Å²) < 4.78 is 10.6. The summed E-state index contributed by atoms with van der Waals surface area (Å²) in [5.41, 5.74) is 4.34. The Balaban J connectivity index is 1.38. The molecule has 0 fully saturated rings. The summed E-state index contributed by atoms with van der Waals surface area (Å²) in [6.07, 6.45) is 3.40. The molecule has 0 saturated heterocycles. The number of amides is 1. The third kappa shape index (κ3) is 3.99. The van der Waals surface area contributed by atoms with Crippen molar-refractivity contribution < 1.29 is 14.3 Å². The highest BCUT2D eigenvalue weighted by Gasteiger charge is 2.18. The second-order valence-corrected chi connectivity index (χ2v) is 8.01. The van der Waals surface area contributed by atoms with Crippen LogP contribution in [0, 0.1) is 0 Å². The number of benzene rings is 3. The molecule has 0 aliphatic carbocycles. The SMILES string of the molecule is CCCCc1ccc(-n2nc3cc(Cl)c(NC(=O)c4ccc5c(c4)OCO5)cc3n2)cc1. The van der Waals surface area contributed by atoms with Gasteiger partial charge in [0.2, 0.25) is 6.79 Å². The van der Waals surface area contributed by atoms with Crippen LogP contribution < -0.4 is 14.8 Å². The number of ether oxygens (including phenoxy) is 2. The van der Waals surface area contributed by atoms with E-state index in [2.05, 4.69) is 34.6 Å². The number of unbranched alkanes of at least 4 members (excludes halogenated alkanes) is 1. The maximum absolute atomic E-state index is 12.7. The molecule has 0 spiro atoms. The van der Waals surface area contributed by atoms with Crippen LogP contribution in [-0.2, 0) is 6.42 Å². The lowest BCUT2D eigenvalue weighted by Crippen LogP contribution is -2.12. The molecule has 7 nitrogen and oxygen atoms in total. The van der Waals surface area contributed by atoms with Gasteiger partial charge in [-0.2, -0.15) is 4.80 Å². The van der Waals surface area contributed by atoms with Crippen molar-refractivity contribution in [1.29, 1.82) is 0 Å². The summed E-state index contributed by atoms with van der Waals surface area (Å²) in [5.74, 6) is 0.860. The molecule has 0 bridgehead atoms. The smallest absolute Gasteiger partial charge is 0.255 e. The van der Waals surface area contributed by atoms with Crippen molar-refractivity contribution in [2.45, 2.75) is 26.2 Å². The monoisotopic (exact) mass is 448 g/mol. The number of carbonyl (C=O) groups excluding carboxylic acids is 1. The number of fused-ring (bicyclic) bond motifs is 2. The molecule has 4 aromatic rings. The van der Waals surface area contributed by atoms with Crippen LogP contribution in [0.3, 0.4) is 0 Å². The Labute approximate surface area is 189 Å². The molecular weight excluding hydrogens is 428 g/mol. The second kappa shape index (κ2) is 8.51. The number of nitrogens with one attached hydrogen (secondary N) is 1. The Kier molecular flexibility index (Phi) is 5.41. The van der Waals surface area contributed by atoms with Gasteiger partial charge >= 0.3 is 0 Å². The summed E-state index contributed by atoms with van der Waals surface area (Å²) >= 11 is 6.42. The molecule has 5 rings (SSSR count). The van der Waals surface area contributed by atoms with Gasteiger partial charge in [-0.1, -0.05) is 37.1 Å². The van der Waals surface area contributed by atoms with Crippen LogP contribution in [0.2, 0.25) is 5.02 Å². The number of rotatable bonds is 6. The molecule has 1 amide bonds. The van der Waals surface area contributed by atoms with Gasteiger partial charge in [-0.25, -0.2) is 0 Å². The van der Waals surface area contributed by atoms with Gasteiger partial charge < -0.3 is 14.8 Å². The van der Waals surface area contributed by atoms with E-state index in [0.29, 0.717) is 38.8 Å². The van der Waals surface area contributed by atoms with Gasteiger partial charge in [0.25, 0.3) is 5.91 Å². The quantitative estimate of drug-likeness (QED) is 0.427. The predicted octanol–water partition coefficient (Wildman–Crippen LogP) is 5.40. The lowest BCUT2D eigenvalue weighted by molar-refractivity contribution is 0.102. The lowest BCUT2D eigenvalue weighted by atomic mass is 10.1. The first-order valence-corrected chi connectivity index (χ1v) is 10.9. The summed E-state index contributed by atoms with van der Waals surface area (Å²) in [6.45, 7) is 2.34. The standard InChI is InChI=1S/C24H21ClN4O3/c1-2-3-4-15-5-8-17(9-6-15)29-27-20-12-18(25)19(13-21(20)28-29)26-24(30)16-7-10-22-23(11-16)32-14-31-22/h5-13H,2-4,14H2,1H3,(H,26,30). The molecule has 2 heterocycles. The zero-order valence-electron chi connectivity index (χ0n) is 17.5.